The molecule has 1 aromatic heterocycles. The van der Waals surface area contributed by atoms with Crippen LogP contribution in [0.4, 0.5) is 4.39 Å². The maximum atomic E-state index is 13.2. The van der Waals surface area contributed by atoms with E-state index in [9.17, 15) is 9.18 Å². The third-order valence-electron chi connectivity index (χ3n) is 3.85. The van der Waals surface area contributed by atoms with Crippen LogP contribution in [0.1, 0.15) is 16.1 Å². The van der Waals surface area contributed by atoms with E-state index in [1.165, 1.54) is 23.5 Å². The molecule has 4 nitrogen and oxygen atoms in total. The minimum atomic E-state index is -0.270. The SMILES string of the molecule is O=C(NCCCN1CCNCC1)c1cc2cc(F)ccc2s1. The molecule has 1 aliphatic heterocycles. The van der Waals surface area contributed by atoms with Gasteiger partial charge in [0, 0.05) is 37.4 Å². The van der Waals surface area contributed by atoms with E-state index in [1.807, 2.05) is 0 Å². The number of halogens is 1. The van der Waals surface area contributed by atoms with Gasteiger partial charge in [0.2, 0.25) is 0 Å². The summed E-state index contributed by atoms with van der Waals surface area (Å²) in [5.41, 5.74) is 0. The number of hydrogen-bond donors (Lipinski definition) is 2. The van der Waals surface area contributed by atoms with Gasteiger partial charge in [0.05, 0.1) is 4.88 Å². The molecule has 1 fully saturated rings. The molecule has 0 radical (unpaired) electrons. The Hall–Kier alpha value is -1.50. The zero-order valence-corrected chi connectivity index (χ0v) is 13.2. The highest BCUT2D eigenvalue weighted by Crippen LogP contribution is 2.26. The van der Waals surface area contributed by atoms with Crippen LogP contribution >= 0.6 is 11.3 Å². The van der Waals surface area contributed by atoms with Crippen molar-refractivity contribution in [2.45, 2.75) is 6.42 Å². The van der Waals surface area contributed by atoms with E-state index in [2.05, 4.69) is 15.5 Å². The lowest BCUT2D eigenvalue weighted by atomic mass is 10.2. The van der Waals surface area contributed by atoms with Crippen LogP contribution in [0, 0.1) is 5.82 Å². The van der Waals surface area contributed by atoms with Crippen molar-refractivity contribution < 1.29 is 9.18 Å². The van der Waals surface area contributed by atoms with E-state index < -0.39 is 0 Å². The average molecular weight is 321 g/mol. The summed E-state index contributed by atoms with van der Waals surface area (Å²) in [4.78, 5) is 15.2. The van der Waals surface area contributed by atoms with Crippen LogP contribution < -0.4 is 10.6 Å². The second-order valence-corrected chi connectivity index (χ2v) is 6.58. The predicted molar refractivity (Wildman–Crippen MR) is 88.0 cm³/mol. The van der Waals surface area contributed by atoms with E-state index >= 15 is 0 Å². The van der Waals surface area contributed by atoms with Gasteiger partial charge in [-0.15, -0.1) is 11.3 Å². The number of thiophene rings is 1. The Morgan fingerprint density at radius 3 is 2.95 bits per heavy atom. The van der Waals surface area contributed by atoms with Gasteiger partial charge in [-0.1, -0.05) is 0 Å². The monoisotopic (exact) mass is 321 g/mol. The molecule has 0 atom stereocenters. The Labute approximate surface area is 133 Å². The van der Waals surface area contributed by atoms with Crippen molar-refractivity contribution in [3.8, 4) is 0 Å². The molecule has 6 heteroatoms. The summed E-state index contributed by atoms with van der Waals surface area (Å²) in [6.07, 6.45) is 0.950. The number of carbonyl (C=O) groups excluding carboxylic acids is 1. The number of fused-ring (bicyclic) bond motifs is 1. The lowest BCUT2D eigenvalue weighted by molar-refractivity contribution is 0.0955. The van der Waals surface area contributed by atoms with Gasteiger partial charge in [0.15, 0.2) is 0 Å². The summed E-state index contributed by atoms with van der Waals surface area (Å²) in [5, 5.41) is 7.06. The number of nitrogens with zero attached hydrogens (tertiary/aromatic N) is 1. The van der Waals surface area contributed by atoms with Gasteiger partial charge in [-0.2, -0.15) is 0 Å². The third-order valence-corrected chi connectivity index (χ3v) is 4.96. The summed E-state index contributed by atoms with van der Waals surface area (Å²) >= 11 is 1.40. The van der Waals surface area contributed by atoms with Crippen molar-refractivity contribution in [3.05, 3.63) is 35.0 Å². The molecule has 0 unspecified atom stereocenters. The Morgan fingerprint density at radius 1 is 1.32 bits per heavy atom. The maximum Gasteiger partial charge on any atom is 0.261 e. The Balaban J connectivity index is 1.48. The molecule has 2 aromatic rings. The maximum absolute atomic E-state index is 13.2. The summed E-state index contributed by atoms with van der Waals surface area (Å²) < 4.78 is 14.1. The molecule has 1 aromatic carbocycles. The molecule has 0 bridgehead atoms. The average Bonchev–Trinajstić information content (AvgIpc) is 2.95. The number of benzene rings is 1. The van der Waals surface area contributed by atoms with Crippen LogP contribution in [0.5, 0.6) is 0 Å². The number of rotatable bonds is 5. The van der Waals surface area contributed by atoms with Crippen molar-refractivity contribution >= 4 is 27.3 Å². The lowest BCUT2D eigenvalue weighted by Gasteiger charge is -2.27. The number of carbonyl (C=O) groups is 1. The van der Waals surface area contributed by atoms with Gasteiger partial charge in [0.25, 0.3) is 5.91 Å². The zero-order valence-electron chi connectivity index (χ0n) is 12.4. The molecule has 0 aliphatic carbocycles. The Kier molecular flexibility index (Phi) is 5.02. The van der Waals surface area contributed by atoms with Gasteiger partial charge < -0.3 is 15.5 Å². The van der Waals surface area contributed by atoms with Gasteiger partial charge in [-0.3, -0.25) is 4.79 Å². The van der Waals surface area contributed by atoms with Crippen molar-refractivity contribution in [1.82, 2.24) is 15.5 Å². The molecule has 2 N–H and O–H groups in total. The molecule has 22 heavy (non-hydrogen) atoms. The number of hydrogen-bond acceptors (Lipinski definition) is 4. The van der Waals surface area contributed by atoms with Crippen LogP contribution in [-0.2, 0) is 0 Å². The second-order valence-electron chi connectivity index (χ2n) is 5.49. The van der Waals surface area contributed by atoms with Crippen molar-refractivity contribution in [1.29, 1.82) is 0 Å². The molecular formula is C16H20FN3OS. The first-order chi connectivity index (χ1) is 10.7. The quantitative estimate of drug-likeness (QED) is 0.829. The predicted octanol–water partition coefficient (Wildman–Crippen LogP) is 2.07. The van der Waals surface area contributed by atoms with E-state index in [0.717, 1.165) is 49.2 Å². The van der Waals surface area contributed by atoms with Crippen molar-refractivity contribution in [3.63, 3.8) is 0 Å². The van der Waals surface area contributed by atoms with Crippen LogP contribution in [0.25, 0.3) is 10.1 Å². The molecular weight excluding hydrogens is 301 g/mol. The fourth-order valence-electron chi connectivity index (χ4n) is 2.65. The second kappa shape index (κ2) is 7.17. The number of amides is 1. The van der Waals surface area contributed by atoms with E-state index in [0.29, 0.717) is 11.4 Å². The lowest BCUT2D eigenvalue weighted by Crippen LogP contribution is -2.44. The molecule has 1 amide bonds. The molecule has 1 aliphatic rings. The fourth-order valence-corrected chi connectivity index (χ4v) is 3.61. The van der Waals surface area contributed by atoms with E-state index in [4.69, 9.17) is 0 Å². The molecule has 1 saturated heterocycles. The number of piperazine rings is 1. The molecule has 2 heterocycles. The first-order valence-corrected chi connectivity index (χ1v) is 8.44. The van der Waals surface area contributed by atoms with Crippen LogP contribution in [0.3, 0.4) is 0 Å². The summed E-state index contributed by atoms with van der Waals surface area (Å²) in [7, 11) is 0. The van der Waals surface area contributed by atoms with Crippen LogP contribution in [-0.4, -0.2) is 50.1 Å². The van der Waals surface area contributed by atoms with Gasteiger partial charge >= 0.3 is 0 Å². The summed E-state index contributed by atoms with van der Waals surface area (Å²) in [6, 6.07) is 6.37. The van der Waals surface area contributed by atoms with Gasteiger partial charge in [0.1, 0.15) is 5.82 Å². The van der Waals surface area contributed by atoms with Crippen LogP contribution in [0.2, 0.25) is 0 Å². The van der Waals surface area contributed by atoms with E-state index in [1.54, 1.807) is 12.1 Å². The molecule has 118 valence electrons. The zero-order chi connectivity index (χ0) is 15.4. The van der Waals surface area contributed by atoms with E-state index in [-0.39, 0.29) is 11.7 Å². The number of nitrogens with one attached hydrogen (secondary N) is 2. The first kappa shape index (κ1) is 15.4. The largest absolute Gasteiger partial charge is 0.351 e. The van der Waals surface area contributed by atoms with Crippen molar-refractivity contribution in [2.75, 3.05) is 39.3 Å². The van der Waals surface area contributed by atoms with Gasteiger partial charge in [-0.05, 0) is 42.6 Å². The van der Waals surface area contributed by atoms with Crippen LogP contribution in [0.15, 0.2) is 24.3 Å². The topological polar surface area (TPSA) is 44.4 Å². The highest BCUT2D eigenvalue weighted by molar-refractivity contribution is 7.20. The summed E-state index contributed by atoms with van der Waals surface area (Å²) in [5.74, 6) is -0.338. The first-order valence-electron chi connectivity index (χ1n) is 7.63. The Bertz CT molecular complexity index is 652. The molecule has 3 rings (SSSR count). The minimum Gasteiger partial charge on any atom is -0.351 e. The fraction of sp³-hybridized carbons (Fsp3) is 0.438. The third kappa shape index (κ3) is 3.82. The standard InChI is InChI=1S/C16H20FN3OS/c17-13-2-3-14-12(10-13)11-15(22-14)16(21)19-4-1-7-20-8-5-18-6-9-20/h2-3,10-11,18H,1,4-9H2,(H,19,21). The normalized spacial score (nSPS) is 16.0. The highest BCUT2D eigenvalue weighted by atomic mass is 32.1. The smallest absolute Gasteiger partial charge is 0.261 e. The molecule has 0 spiro atoms. The highest BCUT2D eigenvalue weighted by Gasteiger charge is 2.11. The Morgan fingerprint density at radius 2 is 2.14 bits per heavy atom. The minimum absolute atomic E-state index is 0.0677. The molecule has 0 saturated carbocycles. The summed E-state index contributed by atoms with van der Waals surface area (Å²) in [6.45, 7) is 5.94. The van der Waals surface area contributed by atoms with Crippen molar-refractivity contribution in [2.24, 2.45) is 0 Å². The van der Waals surface area contributed by atoms with Gasteiger partial charge in [-0.25, -0.2) is 4.39 Å².